The fourth-order valence-electron chi connectivity index (χ4n) is 1.71. The molecule has 1 aromatic heterocycles. The van der Waals surface area contributed by atoms with Crippen LogP contribution in [0.4, 0.5) is 24.5 Å². The summed E-state index contributed by atoms with van der Waals surface area (Å²) in [6.45, 7) is 1.98. The van der Waals surface area contributed by atoms with Crippen LogP contribution >= 0.6 is 0 Å². The summed E-state index contributed by atoms with van der Waals surface area (Å²) < 4.78 is 44.0. The minimum absolute atomic E-state index is 0.0528. The molecule has 3 N–H and O–H groups in total. The second-order valence-corrected chi connectivity index (χ2v) is 4.23. The van der Waals surface area contributed by atoms with Gasteiger partial charge in [0.1, 0.15) is 5.76 Å². The highest BCUT2D eigenvalue weighted by Crippen LogP contribution is 2.36. The highest BCUT2D eigenvalue weighted by atomic mass is 19.4. The molecule has 0 saturated heterocycles. The van der Waals surface area contributed by atoms with Gasteiger partial charge in [0.2, 0.25) is 5.89 Å². The predicted octanol–water partition coefficient (Wildman–Crippen LogP) is 3.45. The maximum absolute atomic E-state index is 12.9. The Labute approximate surface area is 113 Å². The topological polar surface area (TPSA) is 64.1 Å². The van der Waals surface area contributed by atoms with Gasteiger partial charge in [-0.2, -0.15) is 13.2 Å². The Kier molecular flexibility index (Phi) is 3.87. The highest BCUT2D eigenvalue weighted by Gasteiger charge is 2.33. The molecule has 2 aromatic rings. The number of nitrogens with zero attached hydrogens (tertiary/aromatic N) is 1. The molecule has 0 aliphatic rings. The van der Waals surface area contributed by atoms with Crippen molar-refractivity contribution in [1.29, 1.82) is 0 Å². The fraction of sp³-hybridized carbons (Fsp3) is 0.308. The van der Waals surface area contributed by atoms with E-state index in [-0.39, 0.29) is 17.9 Å². The summed E-state index contributed by atoms with van der Waals surface area (Å²) >= 11 is 0. The Bertz CT molecular complexity index is 593. The highest BCUT2D eigenvalue weighted by molar-refractivity contribution is 5.59. The monoisotopic (exact) mass is 285 g/mol. The third kappa shape index (κ3) is 3.23. The van der Waals surface area contributed by atoms with Gasteiger partial charge in [0.15, 0.2) is 0 Å². The van der Waals surface area contributed by atoms with Crippen LogP contribution in [0.15, 0.2) is 28.8 Å². The first-order valence-corrected chi connectivity index (χ1v) is 6.04. The maximum Gasteiger partial charge on any atom is 0.418 e. The number of nitrogens with one attached hydrogen (secondary N) is 1. The van der Waals surface area contributed by atoms with E-state index in [1.54, 1.807) is 6.20 Å². The number of nitrogens with two attached hydrogens (primary N) is 1. The van der Waals surface area contributed by atoms with Gasteiger partial charge in [-0.3, -0.25) is 0 Å². The minimum atomic E-state index is -4.47. The average molecular weight is 285 g/mol. The Morgan fingerprint density at radius 3 is 2.70 bits per heavy atom. The molecular formula is C13H14F3N3O. The van der Waals surface area contributed by atoms with Crippen LogP contribution in [0.3, 0.4) is 0 Å². The zero-order chi connectivity index (χ0) is 14.8. The molecule has 2 rings (SSSR count). The summed E-state index contributed by atoms with van der Waals surface area (Å²) in [7, 11) is 0. The summed E-state index contributed by atoms with van der Waals surface area (Å²) in [6.07, 6.45) is -2.23. The van der Waals surface area contributed by atoms with Crippen molar-refractivity contribution in [3.8, 4) is 0 Å². The first-order valence-electron chi connectivity index (χ1n) is 6.04. The van der Waals surface area contributed by atoms with Crippen LogP contribution < -0.4 is 11.1 Å². The summed E-state index contributed by atoms with van der Waals surface area (Å²) in [6, 6.07) is 3.60. The zero-order valence-corrected chi connectivity index (χ0v) is 10.8. The predicted molar refractivity (Wildman–Crippen MR) is 69.1 cm³/mol. The van der Waals surface area contributed by atoms with E-state index < -0.39 is 11.7 Å². The van der Waals surface area contributed by atoms with Crippen LogP contribution in [0.1, 0.15) is 24.1 Å². The van der Waals surface area contributed by atoms with E-state index >= 15 is 0 Å². The van der Waals surface area contributed by atoms with E-state index in [1.165, 1.54) is 12.1 Å². The van der Waals surface area contributed by atoms with E-state index in [1.807, 2.05) is 6.92 Å². The lowest BCUT2D eigenvalue weighted by Crippen LogP contribution is -2.11. The maximum atomic E-state index is 12.9. The molecule has 1 aromatic carbocycles. The van der Waals surface area contributed by atoms with E-state index in [2.05, 4.69) is 10.3 Å². The van der Waals surface area contributed by atoms with Gasteiger partial charge < -0.3 is 15.5 Å². The van der Waals surface area contributed by atoms with Crippen molar-refractivity contribution in [2.75, 3.05) is 11.1 Å². The zero-order valence-electron chi connectivity index (χ0n) is 10.8. The third-order valence-electron chi connectivity index (χ3n) is 2.73. The van der Waals surface area contributed by atoms with Gasteiger partial charge in [0.05, 0.1) is 18.3 Å². The van der Waals surface area contributed by atoms with Crippen LogP contribution in [-0.4, -0.2) is 4.98 Å². The molecule has 108 valence electrons. The Hall–Kier alpha value is -2.18. The van der Waals surface area contributed by atoms with Gasteiger partial charge in [-0.1, -0.05) is 6.92 Å². The van der Waals surface area contributed by atoms with Crippen molar-refractivity contribution in [2.24, 2.45) is 0 Å². The molecule has 4 nitrogen and oxygen atoms in total. The van der Waals surface area contributed by atoms with Crippen molar-refractivity contribution in [3.05, 3.63) is 41.6 Å². The average Bonchev–Trinajstić information content (AvgIpc) is 2.84. The Morgan fingerprint density at radius 2 is 2.10 bits per heavy atom. The Morgan fingerprint density at radius 1 is 1.35 bits per heavy atom. The molecule has 0 amide bonds. The van der Waals surface area contributed by atoms with E-state index in [0.717, 1.165) is 6.07 Å². The van der Waals surface area contributed by atoms with Crippen molar-refractivity contribution in [3.63, 3.8) is 0 Å². The number of alkyl halides is 3. The van der Waals surface area contributed by atoms with Crippen molar-refractivity contribution in [1.82, 2.24) is 4.98 Å². The van der Waals surface area contributed by atoms with Gasteiger partial charge in [-0.05, 0) is 18.2 Å². The van der Waals surface area contributed by atoms with Crippen LogP contribution in [0.2, 0.25) is 0 Å². The molecule has 0 bridgehead atoms. The van der Waals surface area contributed by atoms with Crippen molar-refractivity contribution >= 4 is 11.4 Å². The molecule has 0 unspecified atom stereocenters. The second-order valence-electron chi connectivity index (χ2n) is 4.23. The first kappa shape index (κ1) is 14.2. The third-order valence-corrected chi connectivity index (χ3v) is 2.73. The van der Waals surface area contributed by atoms with Crippen molar-refractivity contribution < 1.29 is 17.6 Å². The van der Waals surface area contributed by atoms with E-state index in [9.17, 15) is 13.2 Å². The molecule has 0 aliphatic heterocycles. The number of hydrogen-bond donors (Lipinski definition) is 2. The molecule has 0 spiro atoms. The summed E-state index contributed by atoms with van der Waals surface area (Å²) in [5, 5.41) is 2.67. The number of oxazole rings is 1. The number of benzene rings is 1. The van der Waals surface area contributed by atoms with Gasteiger partial charge in [-0.25, -0.2) is 4.98 Å². The number of hydrogen-bond acceptors (Lipinski definition) is 4. The van der Waals surface area contributed by atoms with Gasteiger partial charge in [0.25, 0.3) is 0 Å². The SMILES string of the molecule is CCc1cnc(CNc2ccc(N)cc2C(F)(F)F)o1. The number of nitrogen functional groups attached to an aromatic ring is 1. The lowest BCUT2D eigenvalue weighted by molar-refractivity contribution is -0.136. The van der Waals surface area contributed by atoms with Crippen LogP contribution in [0.25, 0.3) is 0 Å². The Balaban J connectivity index is 2.17. The van der Waals surface area contributed by atoms with Crippen LogP contribution in [-0.2, 0) is 19.1 Å². The molecule has 7 heteroatoms. The smallest absolute Gasteiger partial charge is 0.418 e. The van der Waals surface area contributed by atoms with Gasteiger partial charge in [-0.15, -0.1) is 0 Å². The largest absolute Gasteiger partial charge is 0.444 e. The van der Waals surface area contributed by atoms with Crippen molar-refractivity contribution in [2.45, 2.75) is 26.1 Å². The lowest BCUT2D eigenvalue weighted by atomic mass is 10.1. The van der Waals surface area contributed by atoms with Crippen LogP contribution in [0.5, 0.6) is 0 Å². The van der Waals surface area contributed by atoms with E-state index in [4.69, 9.17) is 10.2 Å². The molecule has 0 aliphatic carbocycles. The molecule has 0 saturated carbocycles. The summed E-state index contributed by atoms with van der Waals surface area (Å²) in [5.74, 6) is 1.03. The molecule has 0 fully saturated rings. The number of aromatic nitrogens is 1. The standard InChI is InChI=1S/C13H14F3N3O/c1-2-9-6-19-12(20-9)7-18-11-4-3-8(17)5-10(11)13(14,15)16/h3-6,18H,2,7,17H2,1H3. The first-order chi connectivity index (χ1) is 9.40. The fourth-order valence-corrected chi connectivity index (χ4v) is 1.71. The molecule has 0 radical (unpaired) electrons. The minimum Gasteiger partial charge on any atom is -0.444 e. The summed E-state index contributed by atoms with van der Waals surface area (Å²) in [4.78, 5) is 3.98. The number of anilines is 2. The lowest BCUT2D eigenvalue weighted by Gasteiger charge is -2.14. The summed E-state index contributed by atoms with van der Waals surface area (Å²) in [5.41, 5.74) is 4.60. The molecule has 1 heterocycles. The second kappa shape index (κ2) is 5.44. The number of aryl methyl sites for hydroxylation is 1. The molecule has 20 heavy (non-hydrogen) atoms. The van der Waals surface area contributed by atoms with E-state index in [0.29, 0.717) is 18.1 Å². The van der Waals surface area contributed by atoms with Crippen LogP contribution in [0, 0.1) is 0 Å². The van der Waals surface area contributed by atoms with Gasteiger partial charge in [0, 0.05) is 17.8 Å². The normalized spacial score (nSPS) is 11.6. The molecule has 0 atom stereocenters. The quantitative estimate of drug-likeness (QED) is 0.844. The number of halogens is 3. The number of rotatable bonds is 4. The van der Waals surface area contributed by atoms with Gasteiger partial charge >= 0.3 is 6.18 Å². The molecular weight excluding hydrogens is 271 g/mol.